The van der Waals surface area contributed by atoms with Gasteiger partial charge in [0, 0.05) is 0 Å². The standard InChI is InChI=1S/C18H40OP/c1-4-5-6-7-8-9-10-11-12-13-14-15-16-17-18-20(2,3)19/h19H,4-18H2,1-3H3/q+1. The van der Waals surface area contributed by atoms with Gasteiger partial charge in [0.05, 0.1) is 19.5 Å². The number of hydrogen-bond acceptors (Lipinski definition) is 1. The molecule has 0 saturated heterocycles. The maximum Gasteiger partial charge on any atom is 0.136 e. The van der Waals surface area contributed by atoms with Crippen LogP contribution in [0.15, 0.2) is 0 Å². The lowest BCUT2D eigenvalue weighted by molar-refractivity contribution is 0.537. The van der Waals surface area contributed by atoms with Gasteiger partial charge in [0.25, 0.3) is 0 Å². The molecule has 122 valence electrons. The molecule has 0 aliphatic heterocycles. The molecule has 0 bridgehead atoms. The van der Waals surface area contributed by atoms with Gasteiger partial charge in [-0.1, -0.05) is 84.0 Å². The van der Waals surface area contributed by atoms with Crippen molar-refractivity contribution in [3.05, 3.63) is 0 Å². The topological polar surface area (TPSA) is 20.2 Å². The van der Waals surface area contributed by atoms with E-state index in [1.54, 1.807) is 0 Å². The highest BCUT2D eigenvalue weighted by Crippen LogP contribution is 2.46. The van der Waals surface area contributed by atoms with Crippen LogP contribution in [0.5, 0.6) is 0 Å². The molecule has 20 heavy (non-hydrogen) atoms. The zero-order valence-corrected chi connectivity index (χ0v) is 15.4. The van der Waals surface area contributed by atoms with Crippen molar-refractivity contribution in [2.45, 2.75) is 96.8 Å². The van der Waals surface area contributed by atoms with Crippen LogP contribution < -0.4 is 0 Å². The first-order valence-corrected chi connectivity index (χ1v) is 11.9. The molecule has 0 saturated carbocycles. The van der Waals surface area contributed by atoms with Gasteiger partial charge in [-0.3, -0.25) is 4.89 Å². The van der Waals surface area contributed by atoms with Crippen molar-refractivity contribution in [3.8, 4) is 0 Å². The molecule has 0 aromatic heterocycles. The van der Waals surface area contributed by atoms with Crippen LogP contribution in [0.3, 0.4) is 0 Å². The van der Waals surface area contributed by atoms with Crippen molar-refractivity contribution in [1.82, 2.24) is 0 Å². The lowest BCUT2D eigenvalue weighted by Gasteiger charge is -2.08. The van der Waals surface area contributed by atoms with Crippen LogP contribution in [0, 0.1) is 0 Å². The predicted octanol–water partition coefficient (Wildman–Crippen LogP) is 6.65. The fourth-order valence-electron chi connectivity index (χ4n) is 2.69. The Morgan fingerprint density at radius 1 is 0.550 bits per heavy atom. The van der Waals surface area contributed by atoms with Gasteiger partial charge in [0.1, 0.15) is 7.49 Å². The SMILES string of the molecule is CCCCCCCCCCCCCCCC[P+](C)(C)O. The summed E-state index contributed by atoms with van der Waals surface area (Å²) in [5.41, 5.74) is 0. The van der Waals surface area contributed by atoms with Crippen LogP contribution in [0.2, 0.25) is 0 Å². The second-order valence-electron chi connectivity index (χ2n) is 6.94. The quantitative estimate of drug-likeness (QED) is 0.265. The number of rotatable bonds is 15. The van der Waals surface area contributed by atoms with Crippen molar-refractivity contribution >= 4 is 7.49 Å². The zero-order valence-electron chi connectivity index (χ0n) is 14.5. The first-order valence-electron chi connectivity index (χ1n) is 9.12. The minimum Gasteiger partial charge on any atom is -0.252 e. The molecule has 2 heteroatoms. The van der Waals surface area contributed by atoms with Gasteiger partial charge in [-0.2, -0.15) is 0 Å². The first kappa shape index (κ1) is 20.4. The Bertz CT molecular complexity index is 186. The summed E-state index contributed by atoms with van der Waals surface area (Å²) < 4.78 is 0. The van der Waals surface area contributed by atoms with E-state index in [1.165, 1.54) is 89.9 Å². The Labute approximate surface area is 129 Å². The lowest BCUT2D eigenvalue weighted by Crippen LogP contribution is -1.93. The van der Waals surface area contributed by atoms with Gasteiger partial charge < -0.3 is 0 Å². The Balaban J connectivity index is 2.99. The van der Waals surface area contributed by atoms with Crippen LogP contribution in [-0.2, 0) is 0 Å². The van der Waals surface area contributed by atoms with Crippen LogP contribution in [0.25, 0.3) is 0 Å². The molecule has 0 aromatic rings. The van der Waals surface area contributed by atoms with E-state index in [1.807, 2.05) is 13.3 Å². The van der Waals surface area contributed by atoms with Crippen molar-refractivity contribution in [2.24, 2.45) is 0 Å². The maximum atomic E-state index is 9.72. The third-order valence-corrected chi connectivity index (χ3v) is 5.47. The molecular formula is C18H40OP+. The summed E-state index contributed by atoms with van der Waals surface area (Å²) in [5.74, 6) is 0. The molecule has 0 aliphatic carbocycles. The fourth-order valence-corrected chi connectivity index (χ4v) is 3.69. The largest absolute Gasteiger partial charge is 0.252 e. The summed E-state index contributed by atoms with van der Waals surface area (Å²) in [6.07, 6.45) is 20.8. The molecule has 1 nitrogen and oxygen atoms in total. The van der Waals surface area contributed by atoms with Crippen molar-refractivity contribution in [1.29, 1.82) is 0 Å². The van der Waals surface area contributed by atoms with E-state index in [0.717, 1.165) is 6.16 Å². The minimum atomic E-state index is -1.50. The van der Waals surface area contributed by atoms with Gasteiger partial charge in [0.2, 0.25) is 0 Å². The monoisotopic (exact) mass is 303 g/mol. The molecule has 1 N–H and O–H groups in total. The highest BCUT2D eigenvalue weighted by Gasteiger charge is 2.19. The van der Waals surface area contributed by atoms with E-state index in [2.05, 4.69) is 6.92 Å². The number of hydrogen-bond donors (Lipinski definition) is 1. The van der Waals surface area contributed by atoms with Crippen LogP contribution in [0.1, 0.15) is 96.8 Å². The van der Waals surface area contributed by atoms with Gasteiger partial charge in [0.15, 0.2) is 0 Å². The van der Waals surface area contributed by atoms with Gasteiger partial charge >= 0.3 is 0 Å². The maximum absolute atomic E-state index is 9.72. The van der Waals surface area contributed by atoms with E-state index in [4.69, 9.17) is 0 Å². The Kier molecular flexibility index (Phi) is 14.6. The summed E-state index contributed by atoms with van der Waals surface area (Å²) in [7, 11) is -1.50. The van der Waals surface area contributed by atoms with Crippen molar-refractivity contribution < 1.29 is 4.89 Å². The molecule has 0 heterocycles. The van der Waals surface area contributed by atoms with E-state index in [9.17, 15) is 4.89 Å². The summed E-state index contributed by atoms with van der Waals surface area (Å²) in [6, 6.07) is 0. The normalized spacial score (nSPS) is 12.0. The minimum absolute atomic E-state index is 1.06. The third-order valence-electron chi connectivity index (χ3n) is 4.06. The van der Waals surface area contributed by atoms with Crippen LogP contribution in [0.4, 0.5) is 0 Å². The van der Waals surface area contributed by atoms with Crippen molar-refractivity contribution in [3.63, 3.8) is 0 Å². The summed E-state index contributed by atoms with van der Waals surface area (Å²) in [4.78, 5) is 9.72. The lowest BCUT2D eigenvalue weighted by atomic mass is 10.0. The molecule has 0 unspecified atom stereocenters. The molecule has 0 radical (unpaired) electrons. The molecule has 0 rings (SSSR count). The molecular weight excluding hydrogens is 263 g/mol. The molecule has 0 atom stereocenters. The highest BCUT2D eigenvalue weighted by molar-refractivity contribution is 7.68. The fraction of sp³-hybridized carbons (Fsp3) is 1.00. The average Bonchev–Trinajstić information content (AvgIpc) is 2.38. The van der Waals surface area contributed by atoms with Gasteiger partial charge in [-0.15, -0.1) is 0 Å². The first-order chi connectivity index (χ1) is 9.56. The predicted molar refractivity (Wildman–Crippen MR) is 96.2 cm³/mol. The molecule has 0 aliphatic rings. The van der Waals surface area contributed by atoms with E-state index < -0.39 is 7.49 Å². The van der Waals surface area contributed by atoms with Crippen LogP contribution >= 0.6 is 7.49 Å². The molecule has 0 fully saturated rings. The third kappa shape index (κ3) is 18.4. The smallest absolute Gasteiger partial charge is 0.136 e. The van der Waals surface area contributed by atoms with E-state index >= 15 is 0 Å². The zero-order chi connectivity index (χ0) is 15.1. The summed E-state index contributed by atoms with van der Waals surface area (Å²) in [5, 5.41) is 0. The highest BCUT2D eigenvalue weighted by atomic mass is 31.2. The molecule has 0 aromatic carbocycles. The second-order valence-corrected chi connectivity index (χ2v) is 10.6. The van der Waals surface area contributed by atoms with E-state index in [0.29, 0.717) is 0 Å². The Morgan fingerprint density at radius 2 is 0.850 bits per heavy atom. The van der Waals surface area contributed by atoms with E-state index in [-0.39, 0.29) is 0 Å². The summed E-state index contributed by atoms with van der Waals surface area (Å²) >= 11 is 0. The molecule has 0 amide bonds. The second kappa shape index (κ2) is 14.3. The Morgan fingerprint density at radius 3 is 1.15 bits per heavy atom. The van der Waals surface area contributed by atoms with Crippen LogP contribution in [-0.4, -0.2) is 24.4 Å². The van der Waals surface area contributed by atoms with Gasteiger partial charge in [-0.05, 0) is 12.8 Å². The Hall–Kier alpha value is 0.390. The van der Waals surface area contributed by atoms with Crippen molar-refractivity contribution in [2.75, 3.05) is 19.5 Å². The van der Waals surface area contributed by atoms with Gasteiger partial charge in [-0.25, -0.2) is 0 Å². The number of unbranched alkanes of at least 4 members (excludes halogenated alkanes) is 13. The molecule has 0 spiro atoms. The summed E-state index contributed by atoms with van der Waals surface area (Å²) in [6.45, 7) is 6.33. The average molecular weight is 303 g/mol.